The van der Waals surface area contributed by atoms with Crippen molar-refractivity contribution < 1.29 is 28.5 Å². The van der Waals surface area contributed by atoms with E-state index in [0.29, 0.717) is 49.1 Å². The van der Waals surface area contributed by atoms with Crippen molar-refractivity contribution in [2.45, 2.75) is 32.8 Å². The third kappa shape index (κ3) is 11.0. The molecule has 1 atom stereocenters. The van der Waals surface area contributed by atoms with Crippen molar-refractivity contribution in [3.63, 3.8) is 0 Å². The van der Waals surface area contributed by atoms with Crippen LogP contribution in [0.3, 0.4) is 0 Å². The van der Waals surface area contributed by atoms with Gasteiger partial charge >= 0.3 is 12.2 Å². The molecule has 3 rings (SSSR count). The molecule has 0 saturated heterocycles. The second-order valence-electron chi connectivity index (χ2n) is 9.07. The Hall–Kier alpha value is -3.59. The number of aryl methyl sites for hydroxylation is 1. The number of carbonyl (C=O) groups excluding carboxylic acids is 2. The molecule has 0 aliphatic rings. The second-order valence-corrected chi connectivity index (χ2v) is 9.47. The van der Waals surface area contributed by atoms with Gasteiger partial charge in [-0.15, -0.1) is 0 Å². The molecule has 3 aromatic rings. The molecule has 0 fully saturated rings. The number of amides is 2. The van der Waals surface area contributed by atoms with E-state index < -0.39 is 12.2 Å². The zero-order chi connectivity index (χ0) is 28.0. The van der Waals surface area contributed by atoms with Crippen LogP contribution in [0.1, 0.15) is 29.2 Å². The van der Waals surface area contributed by atoms with Gasteiger partial charge in [0.05, 0.1) is 19.8 Å². The van der Waals surface area contributed by atoms with Crippen LogP contribution in [0.15, 0.2) is 66.7 Å². The Labute approximate surface area is 234 Å². The molecule has 0 aromatic heterocycles. The fraction of sp³-hybridized carbons (Fsp3) is 0.333. The molecular formula is C30H35ClN2O6. The topological polar surface area (TPSA) is 95.1 Å². The summed E-state index contributed by atoms with van der Waals surface area (Å²) in [4.78, 5) is 24.2. The molecule has 39 heavy (non-hydrogen) atoms. The highest BCUT2D eigenvalue weighted by Gasteiger charge is 2.12. The SMILES string of the molecule is COCCOCCOC(=O)Nc1ccc(Cc2ccc(NC(=O)OC(C)Cc3ccc(C)c(Cl)c3)cc2)cc1. The van der Waals surface area contributed by atoms with Gasteiger partial charge in [-0.1, -0.05) is 48.0 Å². The Balaban J connectivity index is 1.39. The molecule has 0 saturated carbocycles. The van der Waals surface area contributed by atoms with Gasteiger partial charge in [0.1, 0.15) is 12.7 Å². The number of ether oxygens (including phenoxy) is 4. The second kappa shape index (κ2) is 15.7. The predicted molar refractivity (Wildman–Crippen MR) is 153 cm³/mol. The summed E-state index contributed by atoms with van der Waals surface area (Å²) in [6, 6.07) is 20.9. The first-order valence-electron chi connectivity index (χ1n) is 12.7. The maximum Gasteiger partial charge on any atom is 0.411 e. The van der Waals surface area contributed by atoms with Crippen LogP contribution in [-0.2, 0) is 31.8 Å². The van der Waals surface area contributed by atoms with E-state index in [1.54, 1.807) is 7.11 Å². The molecule has 0 heterocycles. The molecule has 0 aliphatic heterocycles. The van der Waals surface area contributed by atoms with E-state index in [4.69, 9.17) is 30.5 Å². The quantitative estimate of drug-likeness (QED) is 0.230. The van der Waals surface area contributed by atoms with E-state index in [-0.39, 0.29) is 12.7 Å². The molecule has 2 amide bonds. The standard InChI is InChI=1S/C30H35ClN2O6/c1-21-4-5-25(20-28(21)31)18-22(2)39-30(35)33-27-12-8-24(9-13-27)19-23-6-10-26(11-7-23)32-29(34)38-17-16-37-15-14-36-3/h4-13,20,22H,14-19H2,1-3H3,(H,32,34)(H,33,35). The van der Waals surface area contributed by atoms with Crippen LogP contribution in [0, 0.1) is 6.92 Å². The first-order valence-corrected chi connectivity index (χ1v) is 13.1. The number of hydrogen-bond acceptors (Lipinski definition) is 6. The van der Waals surface area contributed by atoms with Crippen LogP contribution in [0.2, 0.25) is 5.02 Å². The minimum atomic E-state index is -0.534. The van der Waals surface area contributed by atoms with Gasteiger partial charge in [-0.2, -0.15) is 0 Å². The van der Waals surface area contributed by atoms with Crippen LogP contribution in [0.4, 0.5) is 21.0 Å². The Kier molecular flexibility index (Phi) is 12.1. The molecule has 3 aromatic carbocycles. The monoisotopic (exact) mass is 554 g/mol. The highest BCUT2D eigenvalue weighted by molar-refractivity contribution is 6.31. The first-order chi connectivity index (χ1) is 18.8. The number of anilines is 2. The highest BCUT2D eigenvalue weighted by atomic mass is 35.5. The van der Waals surface area contributed by atoms with Crippen LogP contribution >= 0.6 is 11.6 Å². The summed E-state index contributed by atoms with van der Waals surface area (Å²) in [7, 11) is 1.60. The van der Waals surface area contributed by atoms with Crippen molar-refractivity contribution in [3.05, 3.63) is 94.0 Å². The molecule has 1 unspecified atom stereocenters. The maximum atomic E-state index is 12.3. The number of methoxy groups -OCH3 is 1. The van der Waals surface area contributed by atoms with E-state index in [0.717, 1.165) is 22.3 Å². The van der Waals surface area contributed by atoms with Gasteiger partial charge in [0, 0.05) is 29.9 Å². The number of hydrogen-bond donors (Lipinski definition) is 2. The van der Waals surface area contributed by atoms with Crippen LogP contribution in [0.5, 0.6) is 0 Å². The van der Waals surface area contributed by atoms with Gasteiger partial charge in [0.25, 0.3) is 0 Å². The lowest BCUT2D eigenvalue weighted by Crippen LogP contribution is -2.21. The minimum Gasteiger partial charge on any atom is -0.447 e. The smallest absolute Gasteiger partial charge is 0.411 e. The van der Waals surface area contributed by atoms with Crippen molar-refractivity contribution in [2.75, 3.05) is 44.2 Å². The van der Waals surface area contributed by atoms with Crippen molar-refractivity contribution in [1.29, 1.82) is 0 Å². The van der Waals surface area contributed by atoms with Gasteiger partial charge in [-0.25, -0.2) is 9.59 Å². The molecule has 8 nitrogen and oxygen atoms in total. The number of benzene rings is 3. The number of nitrogens with one attached hydrogen (secondary N) is 2. The summed E-state index contributed by atoms with van der Waals surface area (Å²) >= 11 is 6.18. The normalized spacial score (nSPS) is 11.5. The molecule has 2 N–H and O–H groups in total. The number of halogens is 1. The van der Waals surface area contributed by atoms with Crippen molar-refractivity contribution in [3.8, 4) is 0 Å². The van der Waals surface area contributed by atoms with E-state index >= 15 is 0 Å². The van der Waals surface area contributed by atoms with E-state index in [1.807, 2.05) is 80.6 Å². The van der Waals surface area contributed by atoms with Crippen molar-refractivity contribution >= 4 is 35.2 Å². The van der Waals surface area contributed by atoms with E-state index in [1.165, 1.54) is 0 Å². The molecule has 0 spiro atoms. The summed E-state index contributed by atoms with van der Waals surface area (Å²) in [5.41, 5.74) is 5.47. The van der Waals surface area contributed by atoms with Crippen LogP contribution < -0.4 is 10.6 Å². The van der Waals surface area contributed by atoms with Gasteiger partial charge < -0.3 is 18.9 Å². The van der Waals surface area contributed by atoms with Gasteiger partial charge in [0.2, 0.25) is 0 Å². The van der Waals surface area contributed by atoms with Crippen LogP contribution in [-0.4, -0.2) is 51.8 Å². The fourth-order valence-electron chi connectivity index (χ4n) is 3.71. The summed E-state index contributed by atoms with van der Waals surface area (Å²) in [6.45, 7) is 5.23. The zero-order valence-corrected chi connectivity index (χ0v) is 23.3. The third-order valence-corrected chi connectivity index (χ3v) is 6.18. The minimum absolute atomic E-state index is 0.165. The summed E-state index contributed by atoms with van der Waals surface area (Å²) < 4.78 is 20.7. The predicted octanol–water partition coefficient (Wildman–Crippen LogP) is 6.63. The summed E-state index contributed by atoms with van der Waals surface area (Å²) in [5.74, 6) is 0. The largest absolute Gasteiger partial charge is 0.447 e. The molecule has 0 radical (unpaired) electrons. The third-order valence-electron chi connectivity index (χ3n) is 5.77. The summed E-state index contributed by atoms with van der Waals surface area (Å²) in [5, 5.41) is 6.16. The number of rotatable bonds is 13. The van der Waals surface area contributed by atoms with E-state index in [9.17, 15) is 9.59 Å². The summed E-state index contributed by atoms with van der Waals surface area (Å²) in [6.07, 6.45) is -0.0684. The molecule has 0 bridgehead atoms. The molecule has 208 valence electrons. The lowest BCUT2D eigenvalue weighted by molar-refractivity contribution is 0.0447. The van der Waals surface area contributed by atoms with Gasteiger partial charge in [0.15, 0.2) is 0 Å². The molecular weight excluding hydrogens is 520 g/mol. The Bertz CT molecular complexity index is 1200. The van der Waals surface area contributed by atoms with Gasteiger partial charge in [-0.05, 0) is 72.9 Å². The Morgan fingerprint density at radius 2 is 1.36 bits per heavy atom. The Morgan fingerprint density at radius 3 is 1.95 bits per heavy atom. The number of carbonyl (C=O) groups is 2. The van der Waals surface area contributed by atoms with Crippen molar-refractivity contribution in [1.82, 2.24) is 0 Å². The fourth-order valence-corrected chi connectivity index (χ4v) is 3.91. The zero-order valence-electron chi connectivity index (χ0n) is 22.5. The maximum absolute atomic E-state index is 12.3. The van der Waals surface area contributed by atoms with Crippen molar-refractivity contribution in [2.24, 2.45) is 0 Å². The first kappa shape index (κ1) is 30.0. The lowest BCUT2D eigenvalue weighted by Gasteiger charge is -2.15. The molecule has 0 aliphatic carbocycles. The Morgan fingerprint density at radius 1 is 0.795 bits per heavy atom. The van der Waals surface area contributed by atoms with E-state index in [2.05, 4.69) is 10.6 Å². The average molecular weight is 555 g/mol. The molecule has 9 heteroatoms. The van der Waals surface area contributed by atoms with Crippen LogP contribution in [0.25, 0.3) is 0 Å². The average Bonchev–Trinajstić information content (AvgIpc) is 2.90. The lowest BCUT2D eigenvalue weighted by atomic mass is 10.0. The van der Waals surface area contributed by atoms with Gasteiger partial charge in [-0.3, -0.25) is 10.6 Å². The highest BCUT2D eigenvalue weighted by Crippen LogP contribution is 2.19.